The number of carbonyl (C=O) groups is 1. The highest BCUT2D eigenvalue weighted by Gasteiger charge is 2.16. The van der Waals surface area contributed by atoms with E-state index in [-0.39, 0.29) is 24.5 Å². The quantitative estimate of drug-likeness (QED) is 0.884. The molecular formula is C17H16ClN3O2. The SMILES string of the molecule is N#CCCN(Cc1ccccn1)C(=O)Cc1ccc(O)cc1Cl. The molecule has 0 fully saturated rings. The van der Waals surface area contributed by atoms with Gasteiger partial charge in [-0.25, -0.2) is 0 Å². The van der Waals surface area contributed by atoms with Gasteiger partial charge in [0.05, 0.1) is 31.1 Å². The zero-order valence-corrected chi connectivity index (χ0v) is 13.2. The summed E-state index contributed by atoms with van der Waals surface area (Å²) < 4.78 is 0. The third kappa shape index (κ3) is 4.97. The first-order chi connectivity index (χ1) is 11.1. The number of hydrogen-bond acceptors (Lipinski definition) is 4. The van der Waals surface area contributed by atoms with E-state index in [1.165, 1.54) is 12.1 Å². The van der Waals surface area contributed by atoms with Crippen LogP contribution < -0.4 is 0 Å². The molecule has 0 bridgehead atoms. The summed E-state index contributed by atoms with van der Waals surface area (Å²) in [6.45, 7) is 0.679. The number of aromatic nitrogens is 1. The van der Waals surface area contributed by atoms with E-state index < -0.39 is 0 Å². The van der Waals surface area contributed by atoms with E-state index in [9.17, 15) is 9.90 Å². The van der Waals surface area contributed by atoms with E-state index >= 15 is 0 Å². The van der Waals surface area contributed by atoms with Crippen LogP contribution in [-0.4, -0.2) is 27.4 Å². The molecule has 1 aromatic carbocycles. The van der Waals surface area contributed by atoms with Crippen LogP contribution in [0.5, 0.6) is 5.75 Å². The maximum Gasteiger partial charge on any atom is 0.227 e. The number of aromatic hydroxyl groups is 1. The van der Waals surface area contributed by atoms with Gasteiger partial charge >= 0.3 is 0 Å². The van der Waals surface area contributed by atoms with Crippen LogP contribution in [0.15, 0.2) is 42.6 Å². The number of benzene rings is 1. The van der Waals surface area contributed by atoms with Gasteiger partial charge in [-0.1, -0.05) is 23.7 Å². The highest BCUT2D eigenvalue weighted by Crippen LogP contribution is 2.22. The fourth-order valence-electron chi connectivity index (χ4n) is 2.12. The zero-order chi connectivity index (χ0) is 16.7. The molecule has 1 aromatic heterocycles. The van der Waals surface area contributed by atoms with Gasteiger partial charge in [0.1, 0.15) is 5.75 Å². The van der Waals surface area contributed by atoms with Gasteiger partial charge in [0.15, 0.2) is 0 Å². The van der Waals surface area contributed by atoms with E-state index in [1.54, 1.807) is 23.2 Å². The van der Waals surface area contributed by atoms with Gasteiger partial charge in [-0.05, 0) is 29.8 Å². The molecule has 0 aliphatic rings. The molecule has 1 N–H and O–H groups in total. The number of halogens is 1. The fourth-order valence-corrected chi connectivity index (χ4v) is 2.36. The summed E-state index contributed by atoms with van der Waals surface area (Å²) >= 11 is 6.05. The van der Waals surface area contributed by atoms with Crippen molar-refractivity contribution in [2.45, 2.75) is 19.4 Å². The molecule has 6 heteroatoms. The van der Waals surface area contributed by atoms with Crippen LogP contribution in [0.25, 0.3) is 0 Å². The van der Waals surface area contributed by atoms with E-state index in [4.69, 9.17) is 16.9 Å². The van der Waals surface area contributed by atoms with Crippen LogP contribution >= 0.6 is 11.6 Å². The van der Waals surface area contributed by atoms with E-state index in [2.05, 4.69) is 4.98 Å². The number of rotatable bonds is 6. The third-order valence-electron chi connectivity index (χ3n) is 3.30. The Bertz CT molecular complexity index is 714. The normalized spacial score (nSPS) is 10.1. The highest BCUT2D eigenvalue weighted by atomic mass is 35.5. The number of nitriles is 1. The van der Waals surface area contributed by atoms with Crippen LogP contribution in [0.1, 0.15) is 17.7 Å². The number of pyridine rings is 1. The van der Waals surface area contributed by atoms with Crippen molar-refractivity contribution >= 4 is 17.5 Å². The van der Waals surface area contributed by atoms with Crippen molar-refractivity contribution in [2.75, 3.05) is 6.54 Å². The Hall–Kier alpha value is -2.58. The molecule has 0 saturated heterocycles. The van der Waals surface area contributed by atoms with Gasteiger partial charge in [0, 0.05) is 17.8 Å². The van der Waals surface area contributed by atoms with Gasteiger partial charge in [0.25, 0.3) is 0 Å². The molecule has 0 atom stereocenters. The summed E-state index contributed by atoms with van der Waals surface area (Å²) in [6, 6.07) is 12.1. The van der Waals surface area contributed by atoms with Gasteiger partial charge in [-0.15, -0.1) is 0 Å². The lowest BCUT2D eigenvalue weighted by atomic mass is 10.1. The molecule has 0 spiro atoms. The predicted octanol–water partition coefficient (Wildman–Crippen LogP) is 2.93. The lowest BCUT2D eigenvalue weighted by Crippen LogP contribution is -2.33. The topological polar surface area (TPSA) is 77.2 Å². The fraction of sp³-hybridized carbons (Fsp3) is 0.235. The Balaban J connectivity index is 2.11. The molecule has 118 valence electrons. The average molecular weight is 330 g/mol. The summed E-state index contributed by atoms with van der Waals surface area (Å²) in [5, 5.41) is 18.5. The van der Waals surface area contributed by atoms with Crippen LogP contribution in [0, 0.1) is 11.3 Å². The molecule has 1 heterocycles. The van der Waals surface area contributed by atoms with Crippen LogP contribution in [-0.2, 0) is 17.8 Å². The first-order valence-corrected chi connectivity index (χ1v) is 7.50. The second kappa shape index (κ2) is 8.16. The standard InChI is InChI=1S/C17H16ClN3O2/c18-16-11-15(22)6-5-13(16)10-17(23)21(9-3-7-19)12-14-4-1-2-8-20-14/h1-2,4-6,8,11,22H,3,9-10,12H2. The van der Waals surface area contributed by atoms with E-state index in [0.717, 1.165) is 5.69 Å². The second-order valence-corrected chi connectivity index (χ2v) is 5.40. The minimum absolute atomic E-state index is 0.0565. The first-order valence-electron chi connectivity index (χ1n) is 7.12. The number of nitrogens with zero attached hydrogens (tertiary/aromatic N) is 3. The van der Waals surface area contributed by atoms with E-state index in [1.807, 2.05) is 18.2 Å². The van der Waals surface area contributed by atoms with Crippen molar-refractivity contribution in [3.05, 3.63) is 58.9 Å². The monoisotopic (exact) mass is 329 g/mol. The predicted molar refractivity (Wildman–Crippen MR) is 86.7 cm³/mol. The molecule has 0 radical (unpaired) electrons. The number of carbonyl (C=O) groups excluding carboxylic acids is 1. The molecule has 5 nitrogen and oxygen atoms in total. The third-order valence-corrected chi connectivity index (χ3v) is 3.66. The second-order valence-electron chi connectivity index (χ2n) is 5.00. The Labute approximate surface area is 139 Å². The maximum atomic E-state index is 12.5. The molecular weight excluding hydrogens is 314 g/mol. The van der Waals surface area contributed by atoms with Crippen molar-refractivity contribution in [3.63, 3.8) is 0 Å². The van der Waals surface area contributed by atoms with Gasteiger partial charge in [0.2, 0.25) is 5.91 Å². The highest BCUT2D eigenvalue weighted by molar-refractivity contribution is 6.31. The summed E-state index contributed by atoms with van der Waals surface area (Å²) in [7, 11) is 0. The maximum absolute atomic E-state index is 12.5. The Morgan fingerprint density at radius 2 is 2.17 bits per heavy atom. The van der Waals surface area contributed by atoms with Crippen LogP contribution in [0.3, 0.4) is 0 Å². The molecule has 0 aliphatic heterocycles. The Morgan fingerprint density at radius 3 is 2.83 bits per heavy atom. The van der Waals surface area contributed by atoms with Gasteiger partial charge < -0.3 is 10.0 Å². The molecule has 2 aromatic rings. The molecule has 23 heavy (non-hydrogen) atoms. The lowest BCUT2D eigenvalue weighted by Gasteiger charge is -2.21. The summed E-state index contributed by atoms with van der Waals surface area (Å²) in [5.74, 6) is -0.0838. The summed E-state index contributed by atoms with van der Waals surface area (Å²) in [5.41, 5.74) is 1.40. The molecule has 0 saturated carbocycles. The number of phenolic OH excluding ortho intramolecular Hbond substituents is 1. The molecule has 0 unspecified atom stereocenters. The zero-order valence-electron chi connectivity index (χ0n) is 12.4. The van der Waals surface area contributed by atoms with Crippen molar-refractivity contribution in [1.82, 2.24) is 9.88 Å². The Morgan fingerprint density at radius 1 is 1.35 bits per heavy atom. The number of amides is 1. The summed E-state index contributed by atoms with van der Waals surface area (Å²) in [4.78, 5) is 18.3. The summed E-state index contributed by atoms with van der Waals surface area (Å²) in [6.07, 6.45) is 2.03. The van der Waals surface area contributed by atoms with Gasteiger partial charge in [-0.2, -0.15) is 5.26 Å². The lowest BCUT2D eigenvalue weighted by molar-refractivity contribution is -0.131. The van der Waals surface area contributed by atoms with Gasteiger partial charge in [-0.3, -0.25) is 9.78 Å². The Kier molecular flexibility index (Phi) is 5.95. The van der Waals surface area contributed by atoms with Crippen molar-refractivity contribution in [3.8, 4) is 11.8 Å². The van der Waals surface area contributed by atoms with Crippen molar-refractivity contribution < 1.29 is 9.90 Å². The van der Waals surface area contributed by atoms with Crippen molar-refractivity contribution in [2.24, 2.45) is 0 Å². The first kappa shape index (κ1) is 16.8. The number of phenols is 1. The minimum atomic E-state index is -0.140. The van der Waals surface area contributed by atoms with Crippen LogP contribution in [0.2, 0.25) is 5.02 Å². The molecule has 0 aliphatic carbocycles. The van der Waals surface area contributed by atoms with E-state index in [0.29, 0.717) is 23.7 Å². The molecule has 2 rings (SSSR count). The largest absolute Gasteiger partial charge is 0.508 e. The van der Waals surface area contributed by atoms with Crippen LogP contribution in [0.4, 0.5) is 0 Å². The average Bonchev–Trinajstić information content (AvgIpc) is 2.55. The smallest absolute Gasteiger partial charge is 0.227 e. The van der Waals surface area contributed by atoms with Crippen molar-refractivity contribution in [1.29, 1.82) is 5.26 Å². The molecule has 1 amide bonds. The minimum Gasteiger partial charge on any atom is -0.508 e. The number of hydrogen-bond donors (Lipinski definition) is 1.